The summed E-state index contributed by atoms with van der Waals surface area (Å²) in [4.78, 5) is 18.4. The van der Waals surface area contributed by atoms with Crippen LogP contribution in [0.25, 0.3) is 11.5 Å². The van der Waals surface area contributed by atoms with Crippen LogP contribution in [0.3, 0.4) is 0 Å². The topological polar surface area (TPSA) is 88.6 Å². The smallest absolute Gasteiger partial charge is 0.310 e. The van der Waals surface area contributed by atoms with Crippen LogP contribution in [-0.4, -0.2) is 30.6 Å². The Hall–Kier alpha value is -3.50. The Kier molecular flexibility index (Phi) is 7.16. The molecule has 0 spiro atoms. The molecule has 8 heteroatoms. The van der Waals surface area contributed by atoms with Crippen LogP contribution in [0.5, 0.6) is 5.75 Å². The van der Waals surface area contributed by atoms with Crippen molar-refractivity contribution in [3.63, 3.8) is 0 Å². The minimum atomic E-state index is -0.242. The summed E-state index contributed by atoms with van der Waals surface area (Å²) in [5.74, 6) is 0.957. The highest BCUT2D eigenvalue weighted by molar-refractivity contribution is 6.31. The van der Waals surface area contributed by atoms with Crippen LogP contribution in [0.2, 0.25) is 5.02 Å². The lowest BCUT2D eigenvalue weighted by Crippen LogP contribution is -2.39. The number of rotatable bonds is 7. The molecule has 1 unspecified atom stereocenters. The van der Waals surface area contributed by atoms with Gasteiger partial charge < -0.3 is 18.8 Å². The van der Waals surface area contributed by atoms with Gasteiger partial charge in [-0.15, -0.1) is 0 Å². The fourth-order valence-corrected chi connectivity index (χ4v) is 4.00. The monoisotopic (exact) mass is 465 g/mol. The molecule has 1 fully saturated rings. The van der Waals surface area contributed by atoms with E-state index in [-0.39, 0.29) is 17.6 Å². The second-order valence-electron chi connectivity index (χ2n) is 7.73. The predicted molar refractivity (Wildman–Crippen MR) is 124 cm³/mol. The fourth-order valence-electron chi connectivity index (χ4n) is 3.81. The average molecular weight is 466 g/mol. The summed E-state index contributed by atoms with van der Waals surface area (Å²) in [5, 5.41) is 10.3. The summed E-state index contributed by atoms with van der Waals surface area (Å²) in [6, 6.07) is 16.9. The van der Waals surface area contributed by atoms with Gasteiger partial charge in [0, 0.05) is 29.2 Å². The number of hydrogen-bond acceptors (Lipinski definition) is 7. The fraction of sp³-hybridized carbons (Fsp3) is 0.320. The molecule has 1 aliphatic heterocycles. The highest BCUT2D eigenvalue weighted by atomic mass is 35.5. The molecule has 1 aromatic heterocycles. The van der Waals surface area contributed by atoms with Crippen molar-refractivity contribution < 1.29 is 18.7 Å². The molecule has 0 bridgehead atoms. The molecule has 0 saturated carbocycles. The molecule has 7 nitrogen and oxygen atoms in total. The zero-order valence-corrected chi connectivity index (χ0v) is 19.0. The highest BCUT2D eigenvalue weighted by Crippen LogP contribution is 2.32. The van der Waals surface area contributed by atoms with E-state index in [1.807, 2.05) is 53.4 Å². The summed E-state index contributed by atoms with van der Waals surface area (Å²) in [6.45, 7) is 3.63. The van der Waals surface area contributed by atoms with E-state index in [2.05, 4.69) is 11.1 Å². The summed E-state index contributed by atoms with van der Waals surface area (Å²) in [6.07, 6.45) is 1.57. The number of benzene rings is 2. The standard InChI is InChI=1S/C25H24ClN3O4/c1-2-31-25(30)18-7-5-13-29(15-18)24-22(14-27)28-23(33-24)17-9-11-20(12-10-17)32-16-19-6-3-4-8-21(19)26/h3-4,6,8-12,18H,2,5,7,13,15-16H2,1H3. The number of carbonyl (C=O) groups excluding carboxylic acids is 1. The average Bonchev–Trinajstić information content (AvgIpc) is 3.29. The molecule has 2 heterocycles. The number of carbonyl (C=O) groups is 1. The molecular weight excluding hydrogens is 442 g/mol. The van der Waals surface area contributed by atoms with Gasteiger partial charge in [-0.05, 0) is 50.1 Å². The van der Waals surface area contributed by atoms with Crippen molar-refractivity contribution in [2.45, 2.75) is 26.4 Å². The minimum absolute atomic E-state index is 0.202. The number of hydrogen-bond donors (Lipinski definition) is 0. The maximum absolute atomic E-state index is 12.2. The number of anilines is 1. The number of oxazole rings is 1. The Morgan fingerprint density at radius 2 is 2.06 bits per heavy atom. The lowest BCUT2D eigenvalue weighted by Gasteiger charge is -2.31. The third kappa shape index (κ3) is 5.29. The molecule has 0 radical (unpaired) electrons. The Balaban J connectivity index is 1.47. The molecule has 2 aromatic carbocycles. The van der Waals surface area contributed by atoms with Crippen LogP contribution in [-0.2, 0) is 16.1 Å². The van der Waals surface area contributed by atoms with Gasteiger partial charge in [0.1, 0.15) is 18.4 Å². The molecule has 1 aliphatic rings. The van der Waals surface area contributed by atoms with E-state index in [9.17, 15) is 10.1 Å². The lowest BCUT2D eigenvalue weighted by molar-refractivity contribution is -0.148. The SMILES string of the molecule is CCOC(=O)C1CCCN(c2oc(-c3ccc(OCc4ccccc4Cl)cc3)nc2C#N)C1. The number of nitrogens with zero attached hydrogens (tertiary/aromatic N) is 3. The van der Waals surface area contributed by atoms with Gasteiger partial charge in [0.2, 0.25) is 17.5 Å². The van der Waals surface area contributed by atoms with Crippen LogP contribution in [0.15, 0.2) is 52.9 Å². The molecule has 0 N–H and O–H groups in total. The normalized spacial score (nSPS) is 15.7. The number of aromatic nitrogens is 1. The summed E-state index contributed by atoms with van der Waals surface area (Å²) in [7, 11) is 0. The first-order chi connectivity index (χ1) is 16.1. The molecule has 4 rings (SSSR count). The molecule has 0 aliphatic carbocycles. The maximum Gasteiger partial charge on any atom is 0.310 e. The second-order valence-corrected chi connectivity index (χ2v) is 8.13. The number of piperidine rings is 1. The summed E-state index contributed by atoms with van der Waals surface area (Å²) in [5.41, 5.74) is 1.83. The van der Waals surface area contributed by atoms with E-state index in [4.69, 9.17) is 25.5 Å². The van der Waals surface area contributed by atoms with Gasteiger partial charge in [-0.1, -0.05) is 29.8 Å². The second kappa shape index (κ2) is 10.4. The van der Waals surface area contributed by atoms with Crippen molar-refractivity contribution in [2.24, 2.45) is 5.92 Å². The Morgan fingerprint density at radius 1 is 1.27 bits per heavy atom. The molecule has 1 saturated heterocycles. The van der Waals surface area contributed by atoms with E-state index in [0.29, 0.717) is 48.9 Å². The van der Waals surface area contributed by atoms with Gasteiger partial charge in [0.25, 0.3) is 0 Å². The zero-order valence-electron chi connectivity index (χ0n) is 18.3. The van der Waals surface area contributed by atoms with Crippen molar-refractivity contribution in [3.8, 4) is 23.3 Å². The number of esters is 1. The van der Waals surface area contributed by atoms with E-state index < -0.39 is 0 Å². The van der Waals surface area contributed by atoms with Crippen molar-refractivity contribution >= 4 is 23.5 Å². The van der Waals surface area contributed by atoms with Crippen molar-refractivity contribution in [1.29, 1.82) is 5.26 Å². The lowest BCUT2D eigenvalue weighted by atomic mass is 9.98. The van der Waals surface area contributed by atoms with Crippen LogP contribution < -0.4 is 9.64 Å². The minimum Gasteiger partial charge on any atom is -0.489 e. The van der Waals surface area contributed by atoms with Gasteiger partial charge in [-0.3, -0.25) is 4.79 Å². The summed E-state index contributed by atoms with van der Waals surface area (Å²) < 4.78 is 17.0. The largest absolute Gasteiger partial charge is 0.489 e. The van der Waals surface area contributed by atoms with E-state index in [0.717, 1.165) is 24.0 Å². The third-order valence-electron chi connectivity index (χ3n) is 5.50. The van der Waals surface area contributed by atoms with Gasteiger partial charge in [-0.25, -0.2) is 0 Å². The first-order valence-electron chi connectivity index (χ1n) is 10.9. The van der Waals surface area contributed by atoms with Crippen LogP contribution in [0.1, 0.15) is 31.0 Å². The first kappa shape index (κ1) is 22.7. The first-order valence-corrected chi connectivity index (χ1v) is 11.3. The highest BCUT2D eigenvalue weighted by Gasteiger charge is 2.30. The van der Waals surface area contributed by atoms with Gasteiger partial charge in [0.15, 0.2) is 0 Å². The Bertz CT molecular complexity index is 1150. The third-order valence-corrected chi connectivity index (χ3v) is 5.87. The van der Waals surface area contributed by atoms with E-state index >= 15 is 0 Å². The Labute approximate surface area is 197 Å². The van der Waals surface area contributed by atoms with Gasteiger partial charge in [0.05, 0.1) is 12.5 Å². The number of ether oxygens (including phenoxy) is 2. The quantitative estimate of drug-likeness (QED) is 0.441. The molecule has 170 valence electrons. The van der Waals surface area contributed by atoms with Crippen LogP contribution in [0, 0.1) is 17.2 Å². The maximum atomic E-state index is 12.2. The van der Waals surface area contributed by atoms with Crippen molar-refractivity contribution in [3.05, 3.63) is 64.8 Å². The van der Waals surface area contributed by atoms with Crippen LogP contribution in [0.4, 0.5) is 5.88 Å². The van der Waals surface area contributed by atoms with Crippen molar-refractivity contribution in [1.82, 2.24) is 4.98 Å². The Morgan fingerprint density at radius 3 is 2.79 bits per heavy atom. The predicted octanol–water partition coefficient (Wildman–Crippen LogP) is 5.23. The zero-order chi connectivity index (χ0) is 23.2. The summed E-state index contributed by atoms with van der Waals surface area (Å²) >= 11 is 6.18. The van der Waals surface area contributed by atoms with Gasteiger partial charge >= 0.3 is 5.97 Å². The molecule has 1 atom stereocenters. The molecular formula is C25H24ClN3O4. The van der Waals surface area contributed by atoms with Crippen LogP contribution >= 0.6 is 11.6 Å². The van der Waals surface area contributed by atoms with Crippen molar-refractivity contribution in [2.75, 3.05) is 24.6 Å². The van der Waals surface area contributed by atoms with E-state index in [1.54, 1.807) is 6.92 Å². The number of halogens is 1. The molecule has 33 heavy (non-hydrogen) atoms. The molecule has 0 amide bonds. The van der Waals surface area contributed by atoms with E-state index in [1.165, 1.54) is 0 Å². The molecule has 3 aromatic rings. The van der Waals surface area contributed by atoms with Gasteiger partial charge in [-0.2, -0.15) is 10.2 Å². The number of nitriles is 1.